The zero-order valence-corrected chi connectivity index (χ0v) is 12.4. The molecule has 0 atom stereocenters. The van der Waals surface area contributed by atoms with Crippen molar-refractivity contribution in [3.63, 3.8) is 0 Å². The molecule has 0 aliphatic heterocycles. The van der Waals surface area contributed by atoms with Crippen LogP contribution in [0.1, 0.15) is 23.0 Å². The topological polar surface area (TPSA) is 50.2 Å². The summed E-state index contributed by atoms with van der Waals surface area (Å²) in [5, 5.41) is 7.36. The molecule has 0 unspecified atom stereocenters. The van der Waals surface area contributed by atoms with Crippen LogP contribution in [0.25, 0.3) is 5.69 Å². The average molecular weight is 290 g/mol. The Bertz CT molecular complexity index is 636. The molecule has 0 radical (unpaired) electrons. The number of amides is 1. The van der Waals surface area contributed by atoms with Crippen LogP contribution in [-0.4, -0.2) is 41.2 Å². The van der Waals surface area contributed by atoms with E-state index >= 15 is 0 Å². The van der Waals surface area contributed by atoms with Gasteiger partial charge < -0.3 is 10.2 Å². The fourth-order valence-corrected chi connectivity index (χ4v) is 2.01. The molecule has 0 aliphatic carbocycles. The summed E-state index contributed by atoms with van der Waals surface area (Å²) in [4.78, 5) is 13.3. The van der Waals surface area contributed by atoms with Gasteiger partial charge in [-0.2, -0.15) is 5.10 Å². The van der Waals surface area contributed by atoms with Crippen molar-refractivity contribution in [1.82, 2.24) is 20.0 Å². The van der Waals surface area contributed by atoms with Gasteiger partial charge in [-0.05, 0) is 24.2 Å². The number of aromatic nitrogens is 2. The van der Waals surface area contributed by atoms with E-state index in [1.54, 1.807) is 32.4 Å². The Morgan fingerprint density at radius 1 is 1.38 bits per heavy atom. The molecule has 5 nitrogen and oxygen atoms in total. The molecule has 2 rings (SSSR count). The van der Waals surface area contributed by atoms with Crippen molar-refractivity contribution in [3.8, 4) is 5.69 Å². The molecule has 21 heavy (non-hydrogen) atoms. The molecular formula is C15H19FN4O. The van der Waals surface area contributed by atoms with Gasteiger partial charge in [0.15, 0.2) is 5.69 Å². The van der Waals surface area contributed by atoms with Gasteiger partial charge in [0, 0.05) is 26.8 Å². The van der Waals surface area contributed by atoms with Crippen LogP contribution in [-0.2, 0) is 6.54 Å². The highest BCUT2D eigenvalue weighted by atomic mass is 19.1. The highest BCUT2D eigenvalue weighted by Crippen LogP contribution is 2.18. The van der Waals surface area contributed by atoms with Crippen LogP contribution < -0.4 is 5.32 Å². The Morgan fingerprint density at radius 3 is 2.81 bits per heavy atom. The summed E-state index contributed by atoms with van der Waals surface area (Å²) in [5.74, 6) is -0.573. The average Bonchev–Trinajstić information content (AvgIpc) is 2.93. The number of hydrogen-bond donors (Lipinski definition) is 1. The predicted octanol–water partition coefficient (Wildman–Crippen LogP) is 1.82. The fraction of sp³-hybridized carbons (Fsp3) is 0.333. The van der Waals surface area contributed by atoms with E-state index < -0.39 is 0 Å². The molecule has 2 aromatic rings. The lowest BCUT2D eigenvalue weighted by molar-refractivity contribution is 0.0821. The first-order valence-corrected chi connectivity index (χ1v) is 6.80. The van der Waals surface area contributed by atoms with Gasteiger partial charge in [0.1, 0.15) is 11.5 Å². The Kier molecular flexibility index (Phi) is 4.70. The number of carbonyl (C=O) groups is 1. The van der Waals surface area contributed by atoms with Gasteiger partial charge in [-0.3, -0.25) is 4.79 Å². The SMILES string of the molecule is CCNCc1cccc(F)c1-n1ccc(C(=O)N(C)C)n1. The van der Waals surface area contributed by atoms with E-state index in [-0.39, 0.29) is 17.4 Å². The second-order valence-corrected chi connectivity index (χ2v) is 4.87. The van der Waals surface area contributed by atoms with Crippen molar-refractivity contribution in [2.45, 2.75) is 13.5 Å². The third-order valence-corrected chi connectivity index (χ3v) is 3.08. The van der Waals surface area contributed by atoms with Crippen molar-refractivity contribution in [1.29, 1.82) is 0 Å². The van der Waals surface area contributed by atoms with Gasteiger partial charge in [-0.1, -0.05) is 19.1 Å². The van der Waals surface area contributed by atoms with Crippen molar-refractivity contribution < 1.29 is 9.18 Å². The summed E-state index contributed by atoms with van der Waals surface area (Å²) in [7, 11) is 3.31. The first kappa shape index (κ1) is 15.2. The highest BCUT2D eigenvalue weighted by molar-refractivity contribution is 5.91. The molecule has 6 heteroatoms. The number of nitrogens with zero attached hydrogens (tertiary/aromatic N) is 3. The molecule has 1 aromatic heterocycles. The molecule has 1 amide bonds. The molecule has 0 aliphatic rings. The number of para-hydroxylation sites is 1. The minimum absolute atomic E-state index is 0.210. The summed E-state index contributed by atoms with van der Waals surface area (Å²) in [6.45, 7) is 3.32. The van der Waals surface area contributed by atoms with E-state index in [1.807, 2.05) is 13.0 Å². The summed E-state index contributed by atoms with van der Waals surface area (Å²) in [5.41, 5.74) is 1.46. The van der Waals surface area contributed by atoms with E-state index in [0.717, 1.165) is 12.1 Å². The number of hydrogen-bond acceptors (Lipinski definition) is 3. The van der Waals surface area contributed by atoms with Crippen LogP contribution in [0, 0.1) is 5.82 Å². The van der Waals surface area contributed by atoms with Gasteiger partial charge in [0.2, 0.25) is 0 Å². The smallest absolute Gasteiger partial charge is 0.273 e. The molecular weight excluding hydrogens is 271 g/mol. The van der Waals surface area contributed by atoms with Gasteiger partial charge in [0.25, 0.3) is 5.91 Å². The highest BCUT2D eigenvalue weighted by Gasteiger charge is 2.15. The maximum Gasteiger partial charge on any atom is 0.273 e. The summed E-state index contributed by atoms with van der Waals surface area (Å²) >= 11 is 0. The zero-order chi connectivity index (χ0) is 15.4. The molecule has 112 valence electrons. The number of carbonyl (C=O) groups excluding carboxylic acids is 1. The Hall–Kier alpha value is -2.21. The standard InChI is InChI=1S/C15H19FN4O/c1-4-17-10-11-6-5-7-12(16)14(11)20-9-8-13(18-20)15(21)19(2)3/h5-9,17H,4,10H2,1-3H3. The van der Waals surface area contributed by atoms with E-state index in [0.29, 0.717) is 12.2 Å². The van der Waals surface area contributed by atoms with Gasteiger partial charge in [-0.25, -0.2) is 9.07 Å². The second kappa shape index (κ2) is 6.49. The summed E-state index contributed by atoms with van der Waals surface area (Å²) in [6.07, 6.45) is 1.60. The Balaban J connectivity index is 2.40. The van der Waals surface area contributed by atoms with Crippen molar-refractivity contribution in [2.75, 3.05) is 20.6 Å². The molecule has 0 saturated carbocycles. The third kappa shape index (κ3) is 3.28. The van der Waals surface area contributed by atoms with Crippen molar-refractivity contribution >= 4 is 5.91 Å². The van der Waals surface area contributed by atoms with Gasteiger partial charge >= 0.3 is 0 Å². The van der Waals surface area contributed by atoms with E-state index in [2.05, 4.69) is 10.4 Å². The maximum atomic E-state index is 14.1. The zero-order valence-electron chi connectivity index (χ0n) is 12.4. The van der Waals surface area contributed by atoms with Crippen LogP contribution >= 0.6 is 0 Å². The first-order valence-electron chi connectivity index (χ1n) is 6.80. The number of nitrogens with one attached hydrogen (secondary N) is 1. The maximum absolute atomic E-state index is 14.1. The molecule has 0 bridgehead atoms. The Labute approximate surface area is 123 Å². The normalized spacial score (nSPS) is 10.7. The first-order chi connectivity index (χ1) is 10.0. The minimum Gasteiger partial charge on any atom is -0.343 e. The van der Waals surface area contributed by atoms with Crippen LogP contribution in [0.3, 0.4) is 0 Å². The number of halogens is 1. The third-order valence-electron chi connectivity index (χ3n) is 3.08. The van der Waals surface area contributed by atoms with Gasteiger partial charge in [-0.15, -0.1) is 0 Å². The van der Waals surface area contributed by atoms with E-state index in [9.17, 15) is 9.18 Å². The number of benzene rings is 1. The Morgan fingerprint density at radius 2 is 2.14 bits per heavy atom. The molecule has 0 spiro atoms. The molecule has 0 fully saturated rings. The van der Waals surface area contributed by atoms with E-state index in [4.69, 9.17) is 0 Å². The van der Waals surface area contributed by atoms with Crippen LogP contribution in [0.5, 0.6) is 0 Å². The second-order valence-electron chi connectivity index (χ2n) is 4.87. The fourth-order valence-electron chi connectivity index (χ4n) is 2.01. The van der Waals surface area contributed by atoms with Gasteiger partial charge in [0.05, 0.1) is 0 Å². The monoisotopic (exact) mass is 290 g/mol. The summed E-state index contributed by atoms with van der Waals surface area (Å²) < 4.78 is 15.6. The molecule has 1 heterocycles. The largest absolute Gasteiger partial charge is 0.343 e. The lowest BCUT2D eigenvalue weighted by Crippen LogP contribution is -2.22. The van der Waals surface area contributed by atoms with Crippen LogP contribution in [0.4, 0.5) is 4.39 Å². The molecule has 1 N–H and O–H groups in total. The predicted molar refractivity (Wildman–Crippen MR) is 78.9 cm³/mol. The van der Waals surface area contributed by atoms with Crippen molar-refractivity contribution in [2.24, 2.45) is 0 Å². The lowest BCUT2D eigenvalue weighted by atomic mass is 10.1. The summed E-state index contributed by atoms with van der Waals surface area (Å²) in [6, 6.07) is 6.49. The van der Waals surface area contributed by atoms with Crippen molar-refractivity contribution in [3.05, 3.63) is 47.5 Å². The molecule has 1 aromatic carbocycles. The van der Waals surface area contributed by atoms with Crippen LogP contribution in [0.15, 0.2) is 30.5 Å². The lowest BCUT2D eigenvalue weighted by Gasteiger charge is -2.11. The van der Waals surface area contributed by atoms with Crippen LogP contribution in [0.2, 0.25) is 0 Å². The quantitative estimate of drug-likeness (QED) is 0.914. The molecule has 0 saturated heterocycles. The number of rotatable bonds is 5. The minimum atomic E-state index is -0.364. The van der Waals surface area contributed by atoms with E-state index in [1.165, 1.54) is 15.6 Å².